The van der Waals surface area contributed by atoms with E-state index in [-0.39, 0.29) is 17.2 Å². The van der Waals surface area contributed by atoms with Crippen LogP contribution in [-0.2, 0) is 11.2 Å². The molecule has 1 heterocycles. The first kappa shape index (κ1) is 18.8. The highest BCUT2D eigenvalue weighted by Crippen LogP contribution is 2.33. The Hall–Kier alpha value is -1.50. The van der Waals surface area contributed by atoms with E-state index < -0.39 is 0 Å². The normalized spacial score (nSPS) is 10.7. The molecule has 2 N–H and O–H groups in total. The molecule has 0 spiro atoms. The Morgan fingerprint density at radius 3 is 2.83 bits per heavy atom. The minimum atomic E-state index is -0.280. The van der Waals surface area contributed by atoms with E-state index in [1.54, 1.807) is 12.1 Å². The molecule has 0 aliphatic carbocycles. The zero-order chi connectivity index (χ0) is 17.7. The van der Waals surface area contributed by atoms with E-state index in [4.69, 9.17) is 23.2 Å². The fraction of sp³-hybridized carbons (Fsp3) is 0.312. The summed E-state index contributed by atoms with van der Waals surface area (Å²) in [5.41, 5.74) is 1.71. The van der Waals surface area contributed by atoms with Crippen LogP contribution in [0.2, 0.25) is 10.0 Å². The van der Waals surface area contributed by atoms with Crippen molar-refractivity contribution < 1.29 is 4.79 Å². The summed E-state index contributed by atoms with van der Waals surface area (Å²) in [4.78, 5) is 30.7. The Morgan fingerprint density at radius 2 is 2.12 bits per heavy atom. The maximum Gasteiger partial charge on any atom is 0.251 e. The predicted octanol–water partition coefficient (Wildman–Crippen LogP) is 4.07. The molecule has 0 saturated heterocycles. The molecule has 0 atom stereocenters. The lowest BCUT2D eigenvalue weighted by Gasteiger charge is -2.11. The first-order valence-corrected chi connectivity index (χ1v) is 9.12. The summed E-state index contributed by atoms with van der Waals surface area (Å²) < 4.78 is 0. The molecule has 128 valence electrons. The van der Waals surface area contributed by atoms with E-state index in [0.29, 0.717) is 26.6 Å². The van der Waals surface area contributed by atoms with Crippen LogP contribution in [0.4, 0.5) is 5.69 Å². The minimum Gasteiger partial charge on any atom is -0.323 e. The summed E-state index contributed by atoms with van der Waals surface area (Å²) in [6, 6.07) is 4.93. The van der Waals surface area contributed by atoms with Gasteiger partial charge in [0.2, 0.25) is 5.91 Å². The SMILES string of the molecule is CCCc1cc(=O)[nH]c(SCC(=O)Nc2c(Cl)ccc(C)c2Cl)n1. The number of halogens is 2. The van der Waals surface area contributed by atoms with Crippen LogP contribution in [0.25, 0.3) is 0 Å². The van der Waals surface area contributed by atoms with Gasteiger partial charge in [0.1, 0.15) is 0 Å². The van der Waals surface area contributed by atoms with Crippen LogP contribution in [-0.4, -0.2) is 21.6 Å². The lowest BCUT2D eigenvalue weighted by atomic mass is 10.2. The van der Waals surface area contributed by atoms with Gasteiger partial charge in [0.05, 0.1) is 21.5 Å². The van der Waals surface area contributed by atoms with E-state index >= 15 is 0 Å². The Kier molecular flexibility index (Phi) is 6.71. The summed E-state index contributed by atoms with van der Waals surface area (Å²) in [6.45, 7) is 3.84. The van der Waals surface area contributed by atoms with Crippen molar-refractivity contribution >= 4 is 46.6 Å². The monoisotopic (exact) mass is 385 g/mol. The topological polar surface area (TPSA) is 74.8 Å². The average molecular weight is 386 g/mol. The fourth-order valence-electron chi connectivity index (χ4n) is 2.02. The molecular weight excluding hydrogens is 369 g/mol. The molecule has 0 fully saturated rings. The van der Waals surface area contributed by atoms with Crippen molar-refractivity contribution in [2.45, 2.75) is 31.8 Å². The van der Waals surface area contributed by atoms with Gasteiger partial charge in [-0.3, -0.25) is 9.59 Å². The number of carbonyl (C=O) groups is 1. The number of aromatic nitrogens is 2. The van der Waals surface area contributed by atoms with E-state index in [1.807, 2.05) is 13.8 Å². The van der Waals surface area contributed by atoms with E-state index in [0.717, 1.165) is 30.2 Å². The predicted molar refractivity (Wildman–Crippen MR) is 99.4 cm³/mol. The number of carbonyl (C=O) groups excluding carboxylic acids is 1. The largest absolute Gasteiger partial charge is 0.323 e. The van der Waals surface area contributed by atoms with Gasteiger partial charge in [0, 0.05) is 11.8 Å². The number of aryl methyl sites for hydroxylation is 2. The van der Waals surface area contributed by atoms with Crippen LogP contribution < -0.4 is 10.9 Å². The number of nitrogens with one attached hydrogen (secondary N) is 2. The second kappa shape index (κ2) is 8.55. The molecule has 0 saturated carbocycles. The summed E-state index contributed by atoms with van der Waals surface area (Å²) in [5, 5.41) is 3.91. The van der Waals surface area contributed by atoms with Crippen molar-refractivity contribution in [1.29, 1.82) is 0 Å². The maximum absolute atomic E-state index is 12.1. The molecule has 1 amide bonds. The van der Waals surface area contributed by atoms with Crippen LogP contribution in [0.5, 0.6) is 0 Å². The maximum atomic E-state index is 12.1. The number of nitrogens with zero attached hydrogens (tertiary/aromatic N) is 1. The number of anilines is 1. The third-order valence-corrected chi connectivity index (χ3v) is 4.84. The third-order valence-electron chi connectivity index (χ3n) is 3.17. The second-order valence-corrected chi connectivity index (χ2v) is 6.93. The third kappa shape index (κ3) is 5.00. The van der Waals surface area contributed by atoms with Gasteiger partial charge in [-0.05, 0) is 25.0 Å². The van der Waals surface area contributed by atoms with Crippen molar-refractivity contribution in [3.8, 4) is 0 Å². The van der Waals surface area contributed by atoms with E-state index in [1.165, 1.54) is 6.07 Å². The average Bonchev–Trinajstić information content (AvgIpc) is 2.53. The molecule has 5 nitrogen and oxygen atoms in total. The number of aromatic amines is 1. The van der Waals surface area contributed by atoms with Gasteiger partial charge in [0.25, 0.3) is 5.56 Å². The number of hydrogen-bond donors (Lipinski definition) is 2. The number of hydrogen-bond acceptors (Lipinski definition) is 4. The van der Waals surface area contributed by atoms with Crippen molar-refractivity contribution in [2.75, 3.05) is 11.1 Å². The standard InChI is InChI=1S/C16H17Cl2N3O2S/c1-3-4-10-7-12(22)21-16(19-10)24-8-13(23)20-15-11(17)6-5-9(2)14(15)18/h5-7H,3-4,8H2,1-2H3,(H,20,23)(H,19,21,22). The molecule has 0 aliphatic rings. The fourth-order valence-corrected chi connectivity index (χ4v) is 3.18. The van der Waals surface area contributed by atoms with E-state index in [2.05, 4.69) is 15.3 Å². The molecule has 0 bridgehead atoms. The van der Waals surface area contributed by atoms with Crippen LogP contribution in [0.3, 0.4) is 0 Å². The Bertz CT molecular complexity index is 808. The molecule has 0 unspecified atom stereocenters. The van der Waals surface area contributed by atoms with Crippen molar-refractivity contribution in [3.63, 3.8) is 0 Å². The van der Waals surface area contributed by atoms with Crippen LogP contribution in [0, 0.1) is 6.92 Å². The number of H-pyrrole nitrogens is 1. The Labute approximate surface area is 154 Å². The molecule has 0 aliphatic heterocycles. The van der Waals surface area contributed by atoms with Gasteiger partial charge in [0.15, 0.2) is 5.16 Å². The Balaban J connectivity index is 2.04. The second-order valence-electron chi connectivity index (χ2n) is 5.18. The molecule has 1 aromatic carbocycles. The molecular formula is C16H17Cl2N3O2S. The molecule has 1 aromatic heterocycles. The summed E-state index contributed by atoms with van der Waals surface area (Å²) in [6.07, 6.45) is 1.61. The van der Waals surface area contributed by atoms with Crippen LogP contribution in [0.15, 0.2) is 28.2 Å². The van der Waals surface area contributed by atoms with Gasteiger partial charge >= 0.3 is 0 Å². The first-order valence-electron chi connectivity index (χ1n) is 7.38. The van der Waals surface area contributed by atoms with Gasteiger partial charge in [-0.1, -0.05) is 54.4 Å². The summed E-state index contributed by atoms with van der Waals surface area (Å²) >= 11 is 13.4. The lowest BCUT2D eigenvalue weighted by Crippen LogP contribution is -2.16. The summed E-state index contributed by atoms with van der Waals surface area (Å²) in [7, 11) is 0. The molecule has 2 rings (SSSR count). The van der Waals surface area contributed by atoms with E-state index in [9.17, 15) is 9.59 Å². The number of rotatable bonds is 6. The van der Waals surface area contributed by atoms with Gasteiger partial charge < -0.3 is 10.3 Å². The van der Waals surface area contributed by atoms with Crippen molar-refractivity contribution in [2.24, 2.45) is 0 Å². The molecule has 8 heteroatoms. The zero-order valence-electron chi connectivity index (χ0n) is 13.3. The van der Waals surface area contributed by atoms with Crippen LogP contribution >= 0.6 is 35.0 Å². The van der Waals surface area contributed by atoms with Gasteiger partial charge in [-0.25, -0.2) is 4.98 Å². The quantitative estimate of drug-likeness (QED) is 0.580. The number of amides is 1. The minimum absolute atomic E-state index is 0.0825. The Morgan fingerprint density at radius 1 is 1.38 bits per heavy atom. The number of benzene rings is 1. The molecule has 2 aromatic rings. The van der Waals surface area contributed by atoms with Gasteiger partial charge in [-0.2, -0.15) is 0 Å². The zero-order valence-corrected chi connectivity index (χ0v) is 15.6. The van der Waals surface area contributed by atoms with Crippen LogP contribution in [0.1, 0.15) is 24.6 Å². The lowest BCUT2D eigenvalue weighted by molar-refractivity contribution is -0.113. The highest BCUT2D eigenvalue weighted by atomic mass is 35.5. The van der Waals surface area contributed by atoms with Crippen molar-refractivity contribution in [1.82, 2.24) is 9.97 Å². The highest BCUT2D eigenvalue weighted by Gasteiger charge is 2.13. The first-order chi connectivity index (χ1) is 11.4. The molecule has 24 heavy (non-hydrogen) atoms. The molecule has 0 radical (unpaired) electrons. The summed E-state index contributed by atoms with van der Waals surface area (Å²) in [5.74, 6) is -0.197. The van der Waals surface area contributed by atoms with Gasteiger partial charge in [-0.15, -0.1) is 0 Å². The van der Waals surface area contributed by atoms with Crippen molar-refractivity contribution in [3.05, 3.63) is 49.9 Å². The number of thioether (sulfide) groups is 1. The highest BCUT2D eigenvalue weighted by molar-refractivity contribution is 7.99. The smallest absolute Gasteiger partial charge is 0.251 e.